The largest absolute Gasteiger partial charge is 0.457 e. The van der Waals surface area contributed by atoms with Crippen LogP contribution in [0.1, 0.15) is 25.7 Å². The molecule has 4 aliphatic carbocycles. The van der Waals surface area contributed by atoms with Gasteiger partial charge in [0.2, 0.25) is 0 Å². The van der Waals surface area contributed by atoms with E-state index in [0.717, 1.165) is 6.42 Å². The predicted molar refractivity (Wildman–Crippen MR) is 62.7 cm³/mol. The Hall–Kier alpha value is -0.800. The van der Waals surface area contributed by atoms with E-state index >= 15 is 0 Å². The molecule has 9 heteroatoms. The smallest absolute Gasteiger partial charge is 0.402 e. The highest BCUT2D eigenvalue weighted by Gasteiger charge is 2.93. The number of hydrogen-bond acceptors (Lipinski definition) is 5. The minimum Gasteiger partial charge on any atom is -0.457 e. The summed E-state index contributed by atoms with van der Waals surface area (Å²) < 4.78 is 60.0. The molecule has 0 radical (unpaired) electrons. The number of halogens is 2. The minimum atomic E-state index is -5.61. The Bertz CT molecular complexity index is 663. The second-order valence-corrected chi connectivity index (χ2v) is 8.58. The summed E-state index contributed by atoms with van der Waals surface area (Å²) in [6.45, 7) is -1.70. The van der Waals surface area contributed by atoms with E-state index in [9.17, 15) is 27.1 Å². The summed E-state index contributed by atoms with van der Waals surface area (Å²) in [6, 6.07) is 0. The fraction of sp³-hybridized carbons (Fsp3) is 0.917. The molecule has 6 nitrogen and oxygen atoms in total. The maximum Gasteiger partial charge on any atom is 0.402 e. The highest BCUT2D eigenvalue weighted by atomic mass is 32.2. The zero-order valence-corrected chi connectivity index (χ0v) is 11.7. The molecule has 0 aromatic rings. The Labute approximate surface area is 119 Å². The number of carbonyl (C=O) groups is 1. The summed E-state index contributed by atoms with van der Waals surface area (Å²) in [7, 11) is -5.61. The van der Waals surface area contributed by atoms with Crippen molar-refractivity contribution in [3.05, 3.63) is 0 Å². The molecule has 4 saturated carbocycles. The van der Waals surface area contributed by atoms with Gasteiger partial charge < -0.3 is 9.84 Å². The van der Waals surface area contributed by atoms with Gasteiger partial charge in [0.15, 0.2) is 6.61 Å². The van der Waals surface area contributed by atoms with Crippen molar-refractivity contribution >= 4 is 16.1 Å². The fourth-order valence-electron chi connectivity index (χ4n) is 5.39. The van der Waals surface area contributed by atoms with Crippen molar-refractivity contribution in [3.8, 4) is 0 Å². The van der Waals surface area contributed by atoms with Crippen LogP contribution in [0.5, 0.6) is 0 Å². The van der Waals surface area contributed by atoms with Gasteiger partial charge in [-0.3, -0.25) is 9.35 Å². The lowest BCUT2D eigenvalue weighted by Gasteiger charge is -2.60. The van der Waals surface area contributed by atoms with Crippen molar-refractivity contribution in [1.29, 1.82) is 0 Å². The minimum absolute atomic E-state index is 0.0552. The molecule has 0 amide bonds. The van der Waals surface area contributed by atoms with Gasteiger partial charge >= 0.3 is 21.3 Å². The lowest BCUT2D eigenvalue weighted by atomic mass is 9.46. The molecule has 5 atom stereocenters. The molecular formula is C12H14F2O6S. The van der Waals surface area contributed by atoms with Gasteiger partial charge in [-0.25, -0.2) is 0 Å². The Balaban J connectivity index is 1.49. The molecular weight excluding hydrogens is 310 g/mol. The Kier molecular flexibility index (Phi) is 2.14. The van der Waals surface area contributed by atoms with E-state index in [-0.39, 0.29) is 17.8 Å². The molecule has 1 spiro atoms. The standard InChI is InChI=1S/C12H14F2O6S/c13-12(14,21(17,18)19)5-20-8(15)10-3-9(10)1-6-2-11(16,4-10)7(6)9/h6-7,16H,1-5H2,(H,17,18,19). The highest BCUT2D eigenvalue weighted by Crippen LogP contribution is 2.92. The monoisotopic (exact) mass is 324 g/mol. The fourth-order valence-corrected chi connectivity index (χ4v) is 5.60. The quantitative estimate of drug-likeness (QED) is 0.579. The van der Waals surface area contributed by atoms with Gasteiger partial charge in [0.25, 0.3) is 0 Å². The van der Waals surface area contributed by atoms with Crippen LogP contribution in [0.25, 0.3) is 0 Å². The molecule has 4 fully saturated rings. The van der Waals surface area contributed by atoms with E-state index in [4.69, 9.17) is 4.55 Å². The maximum atomic E-state index is 13.1. The molecule has 0 heterocycles. The van der Waals surface area contributed by atoms with Gasteiger partial charge in [0.05, 0.1) is 11.0 Å². The number of aliphatic hydroxyl groups is 1. The van der Waals surface area contributed by atoms with Gasteiger partial charge in [-0.05, 0) is 42.9 Å². The molecule has 21 heavy (non-hydrogen) atoms. The van der Waals surface area contributed by atoms with Gasteiger partial charge in [0.1, 0.15) is 0 Å². The zero-order chi connectivity index (χ0) is 15.5. The van der Waals surface area contributed by atoms with Crippen LogP contribution in [0.3, 0.4) is 0 Å². The van der Waals surface area contributed by atoms with E-state index in [1.165, 1.54) is 0 Å². The predicted octanol–water partition coefficient (Wildman–Crippen LogP) is 0.561. The van der Waals surface area contributed by atoms with Crippen molar-refractivity contribution in [2.75, 3.05) is 6.61 Å². The third-order valence-electron chi connectivity index (χ3n) is 6.08. The van der Waals surface area contributed by atoms with Crippen LogP contribution in [0.2, 0.25) is 0 Å². The van der Waals surface area contributed by atoms with Crippen molar-refractivity contribution in [3.63, 3.8) is 0 Å². The lowest BCUT2D eigenvalue weighted by Crippen LogP contribution is -2.61. The Morgan fingerprint density at radius 3 is 2.52 bits per heavy atom. The second kappa shape index (κ2) is 3.26. The third kappa shape index (κ3) is 1.34. The van der Waals surface area contributed by atoms with E-state index in [1.54, 1.807) is 0 Å². The van der Waals surface area contributed by atoms with Crippen molar-refractivity contribution < 1.29 is 36.4 Å². The number of alkyl halides is 2. The van der Waals surface area contributed by atoms with E-state index in [2.05, 4.69) is 4.74 Å². The summed E-state index contributed by atoms with van der Waals surface area (Å²) in [5, 5.41) is 5.81. The third-order valence-corrected chi connectivity index (χ3v) is 6.95. The van der Waals surface area contributed by atoms with Gasteiger partial charge in [-0.15, -0.1) is 0 Å². The summed E-state index contributed by atoms with van der Waals surface area (Å²) in [5.41, 5.74) is -2.14. The first kappa shape index (κ1) is 13.8. The Morgan fingerprint density at radius 2 is 2.00 bits per heavy atom. The molecule has 0 aliphatic heterocycles. The number of hydrogen-bond donors (Lipinski definition) is 2. The van der Waals surface area contributed by atoms with Crippen LogP contribution in [-0.2, 0) is 19.6 Å². The maximum absolute atomic E-state index is 13.1. The van der Waals surface area contributed by atoms with Gasteiger partial charge in [-0.1, -0.05) is 0 Å². The summed E-state index contributed by atoms with van der Waals surface area (Å²) >= 11 is 0. The zero-order valence-electron chi connectivity index (χ0n) is 10.9. The number of rotatable bonds is 4. The first-order valence-corrected chi connectivity index (χ1v) is 8.16. The van der Waals surface area contributed by atoms with Crippen LogP contribution < -0.4 is 0 Å². The first-order valence-electron chi connectivity index (χ1n) is 6.72. The molecule has 118 valence electrons. The molecule has 4 rings (SSSR count). The summed E-state index contributed by atoms with van der Waals surface area (Å²) in [6.07, 6.45) is 2.15. The second-order valence-electron chi connectivity index (χ2n) is 7.03. The normalized spacial score (nSPS) is 49.5. The van der Waals surface area contributed by atoms with Gasteiger partial charge in [0, 0.05) is 0 Å². The number of ether oxygens (including phenoxy) is 1. The number of carbonyl (C=O) groups excluding carboxylic acids is 1. The summed E-state index contributed by atoms with van der Waals surface area (Å²) in [4.78, 5) is 12.1. The Morgan fingerprint density at radius 1 is 1.33 bits per heavy atom. The summed E-state index contributed by atoms with van der Waals surface area (Å²) in [5.74, 6) is -0.418. The molecule has 4 aliphatic rings. The van der Waals surface area contributed by atoms with Crippen LogP contribution in [0.15, 0.2) is 0 Å². The lowest BCUT2D eigenvalue weighted by molar-refractivity contribution is -0.205. The molecule has 0 saturated heterocycles. The highest BCUT2D eigenvalue weighted by molar-refractivity contribution is 7.86. The van der Waals surface area contributed by atoms with Crippen molar-refractivity contribution in [2.24, 2.45) is 22.7 Å². The van der Waals surface area contributed by atoms with Crippen LogP contribution >= 0.6 is 0 Å². The van der Waals surface area contributed by atoms with Gasteiger partial charge in [-0.2, -0.15) is 17.2 Å². The molecule has 0 aromatic carbocycles. The van der Waals surface area contributed by atoms with E-state index in [0.29, 0.717) is 18.8 Å². The molecule has 0 bridgehead atoms. The first-order chi connectivity index (χ1) is 9.48. The van der Waals surface area contributed by atoms with Crippen LogP contribution in [0.4, 0.5) is 8.78 Å². The molecule has 5 unspecified atom stereocenters. The molecule has 0 aromatic heterocycles. The average molecular weight is 324 g/mol. The van der Waals surface area contributed by atoms with Crippen molar-refractivity contribution in [2.45, 2.75) is 36.5 Å². The van der Waals surface area contributed by atoms with Crippen LogP contribution in [0, 0.1) is 22.7 Å². The average Bonchev–Trinajstić information content (AvgIpc) is 2.91. The van der Waals surface area contributed by atoms with Crippen LogP contribution in [-0.4, -0.2) is 41.5 Å². The topological polar surface area (TPSA) is 101 Å². The SMILES string of the molecule is O=C(OCC(F)(F)S(=O)(=O)O)C12CC3(O)CC4CC1(C2)C43. The van der Waals surface area contributed by atoms with E-state index < -0.39 is 39.0 Å². The number of esters is 1. The molecule has 2 N–H and O–H groups in total. The van der Waals surface area contributed by atoms with Crippen molar-refractivity contribution in [1.82, 2.24) is 0 Å². The van der Waals surface area contributed by atoms with E-state index in [1.807, 2.05) is 0 Å².